The number of hydrogen-bond donors (Lipinski definition) is 3. The van der Waals surface area contributed by atoms with Gasteiger partial charge >= 0.3 is 0 Å². The molecule has 3 heterocycles. The summed E-state index contributed by atoms with van der Waals surface area (Å²) in [7, 11) is 0. The number of halogens is 2. The van der Waals surface area contributed by atoms with Gasteiger partial charge in [-0.05, 0) is 42.1 Å². The van der Waals surface area contributed by atoms with E-state index < -0.39 is 42.1 Å². The van der Waals surface area contributed by atoms with Gasteiger partial charge < -0.3 is 15.5 Å². The van der Waals surface area contributed by atoms with Gasteiger partial charge in [-0.1, -0.05) is 6.07 Å². The van der Waals surface area contributed by atoms with Crippen molar-refractivity contribution in [1.82, 2.24) is 14.5 Å². The molecule has 7 nitrogen and oxygen atoms in total. The number of rotatable bonds is 6. The van der Waals surface area contributed by atoms with E-state index in [4.69, 9.17) is 0 Å². The Morgan fingerprint density at radius 2 is 1.84 bits per heavy atom. The molecule has 0 bridgehead atoms. The van der Waals surface area contributed by atoms with Crippen molar-refractivity contribution < 1.29 is 19.0 Å². The highest BCUT2D eigenvalue weighted by Gasteiger charge is 2.20. The second kappa shape index (κ2) is 8.50. The number of anilines is 1. The molecule has 0 unspecified atom stereocenters. The first kappa shape index (κ1) is 21.0. The molecular weight excluding hydrogens is 426 g/mol. The number of nitrogens with one attached hydrogen (secondary N) is 1. The zero-order chi connectivity index (χ0) is 22.1. The number of para-hydroxylation sites is 1. The minimum absolute atomic E-state index is 0.00208. The van der Waals surface area contributed by atoms with E-state index in [1.165, 1.54) is 29.5 Å². The highest BCUT2D eigenvalue weighted by molar-refractivity contribution is 7.13. The van der Waals surface area contributed by atoms with Gasteiger partial charge in [-0.15, -0.1) is 11.3 Å². The molecule has 3 N–H and O–H groups in total. The maximum absolute atomic E-state index is 14.6. The van der Waals surface area contributed by atoms with Crippen LogP contribution in [0.25, 0.3) is 27.3 Å². The summed E-state index contributed by atoms with van der Waals surface area (Å²) in [5.74, 6) is -1.84. The minimum Gasteiger partial charge on any atom is -0.394 e. The van der Waals surface area contributed by atoms with Crippen LogP contribution in [-0.2, 0) is 0 Å². The maximum Gasteiger partial charge on any atom is 0.256 e. The van der Waals surface area contributed by atoms with Gasteiger partial charge in [0, 0.05) is 11.5 Å². The molecule has 0 spiro atoms. The molecule has 3 aromatic heterocycles. The fraction of sp³-hybridized carbons (Fsp3) is 0.190. The van der Waals surface area contributed by atoms with E-state index in [9.17, 15) is 23.8 Å². The van der Waals surface area contributed by atoms with Crippen LogP contribution in [0, 0.1) is 18.6 Å². The average molecular weight is 444 g/mol. The Bertz CT molecular complexity index is 1300. The van der Waals surface area contributed by atoms with Gasteiger partial charge in [0.05, 0.1) is 29.8 Å². The van der Waals surface area contributed by atoms with Gasteiger partial charge in [-0.25, -0.2) is 13.8 Å². The third kappa shape index (κ3) is 3.92. The van der Waals surface area contributed by atoms with E-state index in [-0.39, 0.29) is 11.6 Å². The van der Waals surface area contributed by atoms with Crippen molar-refractivity contribution >= 4 is 28.3 Å². The van der Waals surface area contributed by atoms with Crippen LogP contribution in [0.4, 0.5) is 14.7 Å². The van der Waals surface area contributed by atoms with Crippen molar-refractivity contribution in [2.45, 2.75) is 13.0 Å². The highest BCUT2D eigenvalue weighted by Crippen LogP contribution is 2.32. The molecule has 0 aliphatic rings. The summed E-state index contributed by atoms with van der Waals surface area (Å²) < 4.78 is 30.0. The molecule has 0 atom stereocenters. The molecule has 4 rings (SSSR count). The first-order valence-electron chi connectivity index (χ1n) is 9.35. The lowest BCUT2D eigenvalue weighted by Crippen LogP contribution is -2.29. The first-order chi connectivity index (χ1) is 14.9. The predicted octanol–water partition coefficient (Wildman–Crippen LogP) is 2.86. The molecule has 4 aromatic rings. The molecular formula is C21H18F2N4O3S. The number of aryl methyl sites for hydroxylation is 1. The van der Waals surface area contributed by atoms with Crippen molar-refractivity contribution in [3.63, 3.8) is 0 Å². The third-order valence-electron chi connectivity index (χ3n) is 4.65. The second-order valence-electron chi connectivity index (χ2n) is 6.91. The number of aliphatic hydroxyl groups excluding tert-OH is 2. The fourth-order valence-electron chi connectivity index (χ4n) is 3.17. The molecule has 31 heavy (non-hydrogen) atoms. The first-order valence-corrected chi connectivity index (χ1v) is 10.2. The average Bonchev–Trinajstić information content (AvgIpc) is 3.18. The van der Waals surface area contributed by atoms with E-state index in [1.807, 2.05) is 18.4 Å². The minimum atomic E-state index is -0.917. The van der Waals surface area contributed by atoms with Crippen LogP contribution in [0.5, 0.6) is 0 Å². The van der Waals surface area contributed by atoms with Crippen LogP contribution >= 0.6 is 11.3 Å². The Labute approximate surface area is 179 Å². The lowest BCUT2D eigenvalue weighted by molar-refractivity contribution is 0.203. The zero-order valence-corrected chi connectivity index (χ0v) is 17.2. The fourth-order valence-corrected chi connectivity index (χ4v) is 4.08. The summed E-state index contributed by atoms with van der Waals surface area (Å²) in [5, 5.41) is 24.0. The number of nitrogens with zero attached hydrogens (tertiary/aromatic N) is 3. The Kier molecular flexibility index (Phi) is 5.77. The SMILES string of the molecule is Cc1csc(-c2nc(NC(CO)CO)nc3c2ccc(=O)n3-c2c(F)cccc2F)c1. The van der Waals surface area contributed by atoms with Crippen molar-refractivity contribution in [3.05, 3.63) is 69.3 Å². The monoisotopic (exact) mass is 444 g/mol. The molecule has 0 radical (unpaired) electrons. The Morgan fingerprint density at radius 1 is 1.13 bits per heavy atom. The van der Waals surface area contributed by atoms with E-state index >= 15 is 0 Å². The topological polar surface area (TPSA) is 100 Å². The smallest absolute Gasteiger partial charge is 0.256 e. The summed E-state index contributed by atoms with van der Waals surface area (Å²) in [6, 6.07) is 7.17. The molecule has 0 amide bonds. The molecule has 1 aromatic carbocycles. The Balaban J connectivity index is 2.08. The summed E-state index contributed by atoms with van der Waals surface area (Å²) in [6.07, 6.45) is 0. The molecule has 10 heteroatoms. The number of thiophene rings is 1. The van der Waals surface area contributed by atoms with Crippen LogP contribution in [0.2, 0.25) is 0 Å². The van der Waals surface area contributed by atoms with Crippen LogP contribution in [0.1, 0.15) is 5.56 Å². The van der Waals surface area contributed by atoms with E-state index in [0.717, 1.165) is 27.1 Å². The lowest BCUT2D eigenvalue weighted by Gasteiger charge is -2.17. The number of hydrogen-bond acceptors (Lipinski definition) is 7. The summed E-state index contributed by atoms with van der Waals surface area (Å²) in [5.41, 5.74) is 0.223. The third-order valence-corrected chi connectivity index (χ3v) is 5.70. The molecule has 0 saturated carbocycles. The van der Waals surface area contributed by atoms with Gasteiger partial charge in [0.1, 0.15) is 17.3 Å². The highest BCUT2D eigenvalue weighted by atomic mass is 32.1. The zero-order valence-electron chi connectivity index (χ0n) is 16.3. The van der Waals surface area contributed by atoms with Crippen molar-refractivity contribution in [2.75, 3.05) is 18.5 Å². The molecule has 160 valence electrons. The number of aliphatic hydroxyl groups is 2. The molecule has 0 fully saturated rings. The van der Waals surface area contributed by atoms with Crippen LogP contribution in [-0.4, -0.2) is 44.0 Å². The summed E-state index contributed by atoms with van der Waals surface area (Å²) >= 11 is 1.42. The van der Waals surface area contributed by atoms with Gasteiger partial charge in [0.25, 0.3) is 5.56 Å². The quantitative estimate of drug-likeness (QED) is 0.423. The number of benzene rings is 1. The van der Waals surface area contributed by atoms with Crippen LogP contribution in [0.15, 0.2) is 46.6 Å². The van der Waals surface area contributed by atoms with Gasteiger partial charge in [0.15, 0.2) is 5.65 Å². The standard InChI is InChI=1S/C21H18F2N4O3S/c1-11-7-16(31-10-11)18-13-5-6-17(30)27(19-14(22)3-2-4-15(19)23)20(13)26-21(25-18)24-12(8-28)9-29/h2-7,10,12,28-29H,8-9H2,1H3,(H,24,25,26). The number of aromatic nitrogens is 3. The van der Waals surface area contributed by atoms with E-state index in [0.29, 0.717) is 11.1 Å². The van der Waals surface area contributed by atoms with Gasteiger partial charge in [-0.2, -0.15) is 4.98 Å². The normalized spacial score (nSPS) is 11.4. The van der Waals surface area contributed by atoms with E-state index in [2.05, 4.69) is 15.3 Å². The van der Waals surface area contributed by atoms with Crippen molar-refractivity contribution in [2.24, 2.45) is 0 Å². The molecule has 0 aliphatic heterocycles. The number of pyridine rings is 1. The van der Waals surface area contributed by atoms with Crippen LogP contribution in [0.3, 0.4) is 0 Å². The Morgan fingerprint density at radius 3 is 2.45 bits per heavy atom. The van der Waals surface area contributed by atoms with Crippen molar-refractivity contribution in [1.29, 1.82) is 0 Å². The van der Waals surface area contributed by atoms with E-state index in [1.54, 1.807) is 0 Å². The summed E-state index contributed by atoms with van der Waals surface area (Å²) in [6.45, 7) is 1.13. The second-order valence-corrected chi connectivity index (χ2v) is 7.82. The Hall–Kier alpha value is -3.21. The maximum atomic E-state index is 14.6. The van der Waals surface area contributed by atoms with Gasteiger partial charge in [0.2, 0.25) is 5.95 Å². The van der Waals surface area contributed by atoms with Gasteiger partial charge in [-0.3, -0.25) is 9.36 Å². The largest absolute Gasteiger partial charge is 0.394 e. The number of fused-ring (bicyclic) bond motifs is 1. The lowest BCUT2D eigenvalue weighted by atomic mass is 10.2. The van der Waals surface area contributed by atoms with Crippen LogP contribution < -0.4 is 10.9 Å². The predicted molar refractivity (Wildman–Crippen MR) is 115 cm³/mol. The molecule has 0 aliphatic carbocycles. The summed E-state index contributed by atoms with van der Waals surface area (Å²) in [4.78, 5) is 22.3. The van der Waals surface area contributed by atoms with Crippen molar-refractivity contribution in [3.8, 4) is 16.3 Å². The molecule has 0 saturated heterocycles.